The zero-order valence-corrected chi connectivity index (χ0v) is 16.3. The Morgan fingerprint density at radius 1 is 1.22 bits per heavy atom. The maximum Gasteiger partial charge on any atom is 0.488 e. The van der Waals surface area contributed by atoms with Crippen LogP contribution in [-0.2, 0) is 13.9 Å². The average Bonchev–Trinajstić information content (AvgIpc) is 2.59. The first-order chi connectivity index (χ1) is 12.6. The van der Waals surface area contributed by atoms with Crippen LogP contribution in [0.3, 0.4) is 0 Å². The summed E-state index contributed by atoms with van der Waals surface area (Å²) in [5, 5.41) is 28.6. The number of unbranched alkanes of at least 4 members (excludes halogenated alkanes) is 2. The molecule has 0 saturated heterocycles. The first-order valence-corrected chi connectivity index (χ1v) is 9.35. The highest BCUT2D eigenvalue weighted by Gasteiger charge is 2.21. The van der Waals surface area contributed by atoms with Crippen molar-refractivity contribution >= 4 is 25.6 Å². The molecule has 0 aliphatic heterocycles. The number of nitro groups is 1. The highest BCUT2D eigenvalue weighted by molar-refractivity contribution is 7.30. The molecule has 0 radical (unpaired) electrons. The summed E-state index contributed by atoms with van der Waals surface area (Å²) >= 11 is 0. The quantitative estimate of drug-likeness (QED) is 0.184. The molecule has 152 valence electrons. The van der Waals surface area contributed by atoms with Gasteiger partial charge in [0.1, 0.15) is 12.2 Å². The summed E-state index contributed by atoms with van der Waals surface area (Å²) in [6.45, 7) is 0.664. The number of nitrogens with zero attached hydrogens (tertiary/aromatic N) is 2. The molecule has 0 aliphatic rings. The topological polar surface area (TPSA) is 153 Å². The summed E-state index contributed by atoms with van der Waals surface area (Å²) in [4.78, 5) is 30.1. The molecule has 0 fully saturated rings. The van der Waals surface area contributed by atoms with Crippen LogP contribution in [0.2, 0.25) is 0 Å². The molecule has 0 heterocycles. The normalized spacial score (nSPS) is 11.3. The van der Waals surface area contributed by atoms with Crippen LogP contribution in [0.15, 0.2) is 24.3 Å². The number of rotatable bonds is 11. The third-order valence-electron chi connectivity index (χ3n) is 3.65. The highest BCUT2D eigenvalue weighted by Crippen LogP contribution is 2.22. The lowest BCUT2D eigenvalue weighted by atomic mass is 10.2. The molecule has 0 saturated carbocycles. The minimum Gasteiger partial charge on any atom is -0.566 e. The van der Waals surface area contributed by atoms with Gasteiger partial charge in [-0.1, -0.05) is 6.42 Å². The first kappa shape index (κ1) is 25.0. The molecule has 1 aromatic rings. The number of non-ortho nitro benzene ring substituents is 1. The Morgan fingerprint density at radius 3 is 2.26 bits per heavy atom. The summed E-state index contributed by atoms with van der Waals surface area (Å²) in [7, 11) is 0.891. The van der Waals surface area contributed by atoms with Gasteiger partial charge in [0.05, 0.1) is 19.0 Å². The Balaban J connectivity index is 0.000000636. The Bertz CT molecular complexity index is 607. The van der Waals surface area contributed by atoms with Gasteiger partial charge in [0.15, 0.2) is 6.61 Å². The lowest BCUT2D eigenvalue weighted by Crippen LogP contribution is -2.43. The number of carbonyl (C=O) groups excluding carboxylic acids is 1. The Labute approximate surface area is 158 Å². The van der Waals surface area contributed by atoms with E-state index >= 15 is 0 Å². The summed E-state index contributed by atoms with van der Waals surface area (Å²) in [6.07, 6.45) is 2.18. The standard InChI is InChI=1S/C10H14N2O5P.C6H12O3/c1-12(2,7-8-17-18(15)16)10-5-3-9(4-6-10)11(13)14;7-5-3-1-2-4-6(8)9/h3-6H,7-8H2,1-2H3;7H,1-5H2,(H,8,9)/q+1;/p-1. The predicted octanol–water partition coefficient (Wildman–Crippen LogP) is 0.485. The van der Waals surface area contributed by atoms with Crippen LogP contribution in [0, 0.1) is 10.1 Å². The van der Waals surface area contributed by atoms with Crippen LogP contribution in [0.25, 0.3) is 0 Å². The number of benzene rings is 1. The minimum atomic E-state index is -2.84. The second-order valence-electron chi connectivity index (χ2n) is 6.15. The molecular formula is C16H25N2O8P. The number of carboxylic acids is 1. The zero-order valence-electron chi connectivity index (χ0n) is 15.4. The van der Waals surface area contributed by atoms with Crippen LogP contribution < -0.4 is 14.5 Å². The van der Waals surface area contributed by atoms with Crippen LogP contribution in [0.1, 0.15) is 25.7 Å². The van der Waals surface area contributed by atoms with Crippen molar-refractivity contribution in [1.82, 2.24) is 4.48 Å². The van der Waals surface area contributed by atoms with E-state index in [-0.39, 0.29) is 25.3 Å². The summed E-state index contributed by atoms with van der Waals surface area (Å²) in [5.74, 6) is -1.01. The van der Waals surface area contributed by atoms with E-state index in [1.54, 1.807) is 12.1 Å². The number of hydrogen-bond donors (Lipinski definition) is 1. The van der Waals surface area contributed by atoms with E-state index in [2.05, 4.69) is 4.52 Å². The van der Waals surface area contributed by atoms with E-state index in [4.69, 9.17) is 5.11 Å². The number of likely N-dealkylation sites (N-methyl/N-ethyl adjacent to an activating group) is 1. The zero-order chi connectivity index (χ0) is 20.9. The molecule has 0 aliphatic carbocycles. The Hall–Kier alpha value is -1.97. The fourth-order valence-electron chi connectivity index (χ4n) is 2.01. The fourth-order valence-corrected chi connectivity index (χ4v) is 2.24. The fraction of sp³-hybridized carbons (Fsp3) is 0.562. The molecule has 10 nitrogen and oxygen atoms in total. The lowest BCUT2D eigenvalue weighted by Gasteiger charge is -2.28. The monoisotopic (exact) mass is 404 g/mol. The summed E-state index contributed by atoms with van der Waals surface area (Å²) in [5.41, 5.74) is 0.864. The molecule has 1 unspecified atom stereocenters. The number of hydrogen-bond acceptors (Lipinski definition) is 8. The maximum absolute atomic E-state index is 10.5. The molecule has 0 amide bonds. The largest absolute Gasteiger partial charge is 0.566 e. The number of aliphatic hydroxyl groups is 1. The maximum atomic E-state index is 10.5. The third-order valence-corrected chi connectivity index (χ3v) is 4.04. The van der Waals surface area contributed by atoms with Crippen molar-refractivity contribution in [3.63, 3.8) is 0 Å². The van der Waals surface area contributed by atoms with Crippen LogP contribution >= 0.6 is 8.25 Å². The van der Waals surface area contributed by atoms with Gasteiger partial charge in [-0.15, -0.1) is 4.52 Å². The number of carbonyl (C=O) groups is 1. The van der Waals surface area contributed by atoms with Gasteiger partial charge in [-0.25, -0.2) is 0 Å². The smallest absolute Gasteiger partial charge is 0.488 e. The van der Waals surface area contributed by atoms with Gasteiger partial charge in [0.2, 0.25) is 0 Å². The van der Waals surface area contributed by atoms with Gasteiger partial charge in [-0.3, -0.25) is 14.6 Å². The van der Waals surface area contributed by atoms with Gasteiger partial charge in [0.25, 0.3) is 5.69 Å². The van der Waals surface area contributed by atoms with E-state index in [0.717, 1.165) is 12.1 Å². The molecule has 27 heavy (non-hydrogen) atoms. The van der Waals surface area contributed by atoms with Gasteiger partial charge < -0.3 is 19.9 Å². The van der Waals surface area contributed by atoms with Gasteiger partial charge in [-0.05, 0) is 23.8 Å². The predicted molar refractivity (Wildman–Crippen MR) is 95.7 cm³/mol. The van der Waals surface area contributed by atoms with Crippen molar-refractivity contribution in [2.24, 2.45) is 0 Å². The number of nitro benzene ring substituents is 1. The molecule has 1 aromatic carbocycles. The molecule has 0 aromatic heterocycles. The molecule has 1 rings (SSSR count). The lowest BCUT2D eigenvalue weighted by molar-refractivity contribution is -0.384. The van der Waals surface area contributed by atoms with E-state index < -0.39 is 19.1 Å². The van der Waals surface area contributed by atoms with E-state index in [1.165, 1.54) is 12.1 Å². The Morgan fingerprint density at radius 2 is 1.81 bits per heavy atom. The van der Waals surface area contributed by atoms with E-state index in [0.29, 0.717) is 23.9 Å². The molecule has 1 atom stereocenters. The van der Waals surface area contributed by atoms with Crippen LogP contribution in [-0.4, -0.2) is 49.9 Å². The SMILES string of the molecule is C[N+](C)(CCO[P+](=O)[O-])c1ccc([N+](=O)[O-])cc1.O=C([O-])CCCCCO. The highest BCUT2D eigenvalue weighted by atomic mass is 31.1. The van der Waals surface area contributed by atoms with Crippen molar-refractivity contribution in [2.45, 2.75) is 25.7 Å². The second-order valence-corrected chi connectivity index (χ2v) is 6.85. The number of aliphatic carboxylic acids is 1. The van der Waals surface area contributed by atoms with Crippen molar-refractivity contribution in [1.29, 1.82) is 0 Å². The average molecular weight is 404 g/mol. The molecular weight excluding hydrogens is 379 g/mol. The van der Waals surface area contributed by atoms with Crippen molar-refractivity contribution in [2.75, 3.05) is 33.9 Å². The van der Waals surface area contributed by atoms with Crippen LogP contribution in [0.4, 0.5) is 11.4 Å². The molecule has 0 spiro atoms. The summed E-state index contributed by atoms with van der Waals surface area (Å²) in [6, 6.07) is 6.14. The number of aliphatic hydroxyl groups excluding tert-OH is 1. The van der Waals surface area contributed by atoms with E-state index in [9.17, 15) is 29.5 Å². The van der Waals surface area contributed by atoms with Gasteiger partial charge in [-0.2, -0.15) is 0 Å². The molecule has 11 heteroatoms. The van der Waals surface area contributed by atoms with Crippen molar-refractivity contribution < 1.29 is 33.9 Å². The first-order valence-electron chi connectivity index (χ1n) is 8.26. The molecule has 0 bridgehead atoms. The van der Waals surface area contributed by atoms with E-state index in [1.807, 2.05) is 14.1 Å². The van der Waals surface area contributed by atoms with Gasteiger partial charge >= 0.3 is 8.25 Å². The minimum absolute atomic E-state index is 0.0256. The molecule has 1 N–H and O–H groups in total. The summed E-state index contributed by atoms with van der Waals surface area (Å²) < 4.78 is 15.1. The number of carboxylic acid groups (broad SMARTS) is 1. The van der Waals surface area contributed by atoms with Crippen molar-refractivity contribution in [3.05, 3.63) is 34.4 Å². The second kappa shape index (κ2) is 13.2. The van der Waals surface area contributed by atoms with Crippen LogP contribution in [0.5, 0.6) is 0 Å². The number of quaternary nitrogens is 1. The van der Waals surface area contributed by atoms with Crippen molar-refractivity contribution in [3.8, 4) is 0 Å². The Kier molecular flexibility index (Phi) is 12.3. The van der Waals surface area contributed by atoms with Gasteiger partial charge in [0, 0.05) is 36.8 Å². The third kappa shape index (κ3) is 12.1.